The largest absolute Gasteiger partial charge is 0.465 e. The van der Waals surface area contributed by atoms with Crippen molar-refractivity contribution in [3.63, 3.8) is 0 Å². The van der Waals surface area contributed by atoms with Gasteiger partial charge in [-0.3, -0.25) is 4.79 Å². The Kier molecular flexibility index (Phi) is 7.43. The van der Waals surface area contributed by atoms with Gasteiger partial charge in [-0.1, -0.05) is 0 Å². The number of likely N-dealkylation sites (N-methyl/N-ethyl adjacent to an activating group) is 2. The zero-order chi connectivity index (χ0) is 14.3. The lowest BCUT2D eigenvalue weighted by Gasteiger charge is -2.31. The number of ether oxygens (including phenoxy) is 1. The van der Waals surface area contributed by atoms with Crippen LogP contribution >= 0.6 is 0 Å². The van der Waals surface area contributed by atoms with Gasteiger partial charge in [0.2, 0.25) is 0 Å². The zero-order valence-corrected chi connectivity index (χ0v) is 12.7. The third-order valence-electron chi connectivity index (χ3n) is 3.11. The predicted octanol–water partition coefficient (Wildman–Crippen LogP) is 0.539. The van der Waals surface area contributed by atoms with Gasteiger partial charge in [0, 0.05) is 19.1 Å². The van der Waals surface area contributed by atoms with Gasteiger partial charge in [0.1, 0.15) is 5.54 Å². The van der Waals surface area contributed by atoms with Gasteiger partial charge in [-0.25, -0.2) is 0 Å². The molecule has 0 aliphatic heterocycles. The lowest BCUT2D eigenvalue weighted by atomic mass is 9.94. The quantitative estimate of drug-likeness (QED) is 0.645. The van der Waals surface area contributed by atoms with E-state index in [0.717, 1.165) is 13.1 Å². The molecule has 0 rings (SSSR count). The van der Waals surface area contributed by atoms with Crippen LogP contribution < -0.4 is 5.73 Å². The van der Waals surface area contributed by atoms with Crippen LogP contribution in [-0.2, 0) is 9.53 Å². The molecule has 0 spiro atoms. The second-order valence-electron chi connectivity index (χ2n) is 5.47. The number of hydrogen-bond donors (Lipinski definition) is 1. The lowest BCUT2D eigenvalue weighted by Crippen LogP contribution is -2.51. The Bertz CT molecular complexity index is 255. The van der Waals surface area contributed by atoms with Crippen molar-refractivity contribution in [2.45, 2.75) is 38.8 Å². The first-order valence-corrected chi connectivity index (χ1v) is 6.51. The Morgan fingerprint density at radius 2 is 1.89 bits per heavy atom. The molecule has 0 bridgehead atoms. The van der Waals surface area contributed by atoms with Gasteiger partial charge in [-0.15, -0.1) is 0 Å². The average molecular weight is 259 g/mol. The highest BCUT2D eigenvalue weighted by molar-refractivity contribution is 5.80. The van der Waals surface area contributed by atoms with Crippen molar-refractivity contribution in [2.24, 2.45) is 5.73 Å². The van der Waals surface area contributed by atoms with Crippen LogP contribution in [0.3, 0.4) is 0 Å². The van der Waals surface area contributed by atoms with Crippen molar-refractivity contribution in [3.05, 3.63) is 0 Å². The summed E-state index contributed by atoms with van der Waals surface area (Å²) >= 11 is 0. The molecule has 0 aliphatic carbocycles. The fourth-order valence-electron chi connectivity index (χ4n) is 1.73. The van der Waals surface area contributed by atoms with Crippen molar-refractivity contribution in [1.82, 2.24) is 9.80 Å². The molecule has 0 aromatic carbocycles. The monoisotopic (exact) mass is 259 g/mol. The van der Waals surface area contributed by atoms with E-state index in [9.17, 15) is 4.79 Å². The number of rotatable bonds is 8. The van der Waals surface area contributed by atoms with Gasteiger partial charge in [-0.05, 0) is 48.3 Å². The van der Waals surface area contributed by atoms with E-state index in [4.69, 9.17) is 10.5 Å². The Morgan fingerprint density at radius 3 is 2.33 bits per heavy atom. The zero-order valence-electron chi connectivity index (χ0n) is 12.7. The van der Waals surface area contributed by atoms with Gasteiger partial charge in [0.25, 0.3) is 0 Å². The van der Waals surface area contributed by atoms with E-state index in [1.807, 2.05) is 14.1 Å². The maximum atomic E-state index is 11.7. The van der Waals surface area contributed by atoms with Crippen LogP contribution in [0.1, 0.15) is 27.2 Å². The molecule has 108 valence electrons. The molecule has 0 radical (unpaired) electrons. The van der Waals surface area contributed by atoms with E-state index < -0.39 is 5.54 Å². The van der Waals surface area contributed by atoms with Crippen LogP contribution in [0.5, 0.6) is 0 Å². The highest BCUT2D eigenvalue weighted by Crippen LogP contribution is 2.14. The smallest absolute Gasteiger partial charge is 0.325 e. The van der Waals surface area contributed by atoms with E-state index in [0.29, 0.717) is 13.0 Å². The fourth-order valence-corrected chi connectivity index (χ4v) is 1.73. The molecule has 18 heavy (non-hydrogen) atoms. The Morgan fingerprint density at radius 1 is 1.33 bits per heavy atom. The normalized spacial score (nSPS) is 16.7. The summed E-state index contributed by atoms with van der Waals surface area (Å²) < 4.78 is 4.99. The van der Waals surface area contributed by atoms with E-state index in [-0.39, 0.29) is 12.0 Å². The molecule has 5 nitrogen and oxygen atoms in total. The molecule has 0 aromatic heterocycles. The minimum absolute atomic E-state index is 0.240. The van der Waals surface area contributed by atoms with Crippen LogP contribution in [-0.4, -0.2) is 68.2 Å². The minimum atomic E-state index is -0.915. The highest BCUT2D eigenvalue weighted by Gasteiger charge is 2.32. The summed E-state index contributed by atoms with van der Waals surface area (Å²) in [7, 11) is 6.14. The van der Waals surface area contributed by atoms with Crippen LogP contribution in [0.25, 0.3) is 0 Å². The average Bonchev–Trinajstić information content (AvgIpc) is 2.25. The number of hydrogen-bond acceptors (Lipinski definition) is 5. The number of carbonyl (C=O) groups is 1. The molecule has 0 aromatic rings. The van der Waals surface area contributed by atoms with E-state index >= 15 is 0 Å². The van der Waals surface area contributed by atoms with Gasteiger partial charge in [0.15, 0.2) is 0 Å². The third kappa shape index (κ3) is 6.33. The summed E-state index contributed by atoms with van der Waals surface area (Å²) in [6.07, 6.45) is 0.593. The van der Waals surface area contributed by atoms with Crippen LogP contribution in [0, 0.1) is 0 Å². The topological polar surface area (TPSA) is 58.8 Å². The summed E-state index contributed by atoms with van der Waals surface area (Å²) in [6, 6.07) is 0.240. The fraction of sp³-hybridized carbons (Fsp3) is 0.923. The second kappa shape index (κ2) is 7.71. The maximum Gasteiger partial charge on any atom is 0.325 e. The number of esters is 1. The Hall–Kier alpha value is -0.650. The molecule has 0 amide bonds. The van der Waals surface area contributed by atoms with Gasteiger partial charge in [-0.2, -0.15) is 0 Å². The Labute approximate surface area is 111 Å². The lowest BCUT2D eigenvalue weighted by molar-refractivity contribution is -0.149. The summed E-state index contributed by atoms with van der Waals surface area (Å²) in [4.78, 5) is 16.1. The Balaban J connectivity index is 4.27. The number of carbonyl (C=O) groups excluding carboxylic acids is 1. The molecule has 2 atom stereocenters. The molecular weight excluding hydrogens is 230 g/mol. The van der Waals surface area contributed by atoms with E-state index in [1.54, 1.807) is 13.8 Å². The molecule has 0 saturated heterocycles. The summed E-state index contributed by atoms with van der Waals surface area (Å²) in [6.45, 7) is 7.92. The summed E-state index contributed by atoms with van der Waals surface area (Å²) in [5.41, 5.74) is 5.11. The van der Waals surface area contributed by atoms with Gasteiger partial charge in [0.05, 0.1) is 6.61 Å². The van der Waals surface area contributed by atoms with Gasteiger partial charge < -0.3 is 20.3 Å². The molecular formula is C13H29N3O2. The van der Waals surface area contributed by atoms with Gasteiger partial charge >= 0.3 is 5.97 Å². The molecule has 0 saturated carbocycles. The first-order chi connectivity index (χ1) is 8.20. The maximum absolute atomic E-state index is 11.7. The number of nitrogens with zero attached hydrogens (tertiary/aromatic N) is 2. The molecule has 2 N–H and O–H groups in total. The van der Waals surface area contributed by atoms with Crippen molar-refractivity contribution in [2.75, 3.05) is 40.8 Å². The molecule has 2 unspecified atom stereocenters. The van der Waals surface area contributed by atoms with E-state index in [2.05, 4.69) is 23.8 Å². The van der Waals surface area contributed by atoms with E-state index in [1.165, 1.54) is 0 Å². The third-order valence-corrected chi connectivity index (χ3v) is 3.11. The first kappa shape index (κ1) is 17.4. The van der Waals surface area contributed by atoms with Crippen molar-refractivity contribution < 1.29 is 9.53 Å². The highest BCUT2D eigenvalue weighted by atomic mass is 16.5. The number of nitrogens with two attached hydrogens (primary N) is 1. The standard InChI is InChI=1S/C13H29N3O2/c1-7-18-12(17)13(3,14)10-11(2)16(6)9-8-15(4)5/h11H,7-10,14H2,1-6H3. The van der Waals surface area contributed by atoms with Crippen LogP contribution in [0.15, 0.2) is 0 Å². The second-order valence-corrected chi connectivity index (χ2v) is 5.47. The predicted molar refractivity (Wildman–Crippen MR) is 74.5 cm³/mol. The molecule has 5 heteroatoms. The minimum Gasteiger partial charge on any atom is -0.465 e. The summed E-state index contributed by atoms with van der Waals surface area (Å²) in [5, 5.41) is 0. The SMILES string of the molecule is CCOC(=O)C(C)(N)CC(C)N(C)CCN(C)C. The first-order valence-electron chi connectivity index (χ1n) is 6.51. The van der Waals surface area contributed by atoms with Crippen LogP contribution in [0.4, 0.5) is 0 Å². The molecule has 0 fully saturated rings. The van der Waals surface area contributed by atoms with Crippen molar-refractivity contribution in [3.8, 4) is 0 Å². The summed E-state index contributed by atoms with van der Waals surface area (Å²) in [5.74, 6) is -0.321. The van der Waals surface area contributed by atoms with Crippen molar-refractivity contribution in [1.29, 1.82) is 0 Å². The molecule has 0 heterocycles. The van der Waals surface area contributed by atoms with Crippen LogP contribution in [0.2, 0.25) is 0 Å². The molecule has 0 aliphatic rings. The van der Waals surface area contributed by atoms with Crippen molar-refractivity contribution >= 4 is 5.97 Å².